The van der Waals surface area contributed by atoms with E-state index in [1.807, 2.05) is 18.5 Å². The molecule has 0 aliphatic rings. The molecule has 1 aromatic carbocycles. The molecule has 0 saturated heterocycles. The summed E-state index contributed by atoms with van der Waals surface area (Å²) < 4.78 is 3.09. The molecule has 0 aliphatic carbocycles. The van der Waals surface area contributed by atoms with Gasteiger partial charge in [-0.3, -0.25) is 0 Å². The van der Waals surface area contributed by atoms with E-state index in [0.29, 0.717) is 6.04 Å². The van der Waals surface area contributed by atoms with Crippen molar-refractivity contribution in [2.45, 2.75) is 43.3 Å². The number of benzene rings is 1. The molecule has 1 atom stereocenters. The van der Waals surface area contributed by atoms with E-state index in [4.69, 9.17) is 0 Å². The Morgan fingerprint density at radius 2 is 2.14 bits per heavy atom. The summed E-state index contributed by atoms with van der Waals surface area (Å²) in [5, 5.41) is 12.7. The number of hydrogen-bond acceptors (Lipinski definition) is 4. The highest BCUT2D eigenvalue weighted by atomic mass is 79.9. The first-order chi connectivity index (χ1) is 10.0. The summed E-state index contributed by atoms with van der Waals surface area (Å²) in [6, 6.07) is 6.85. The van der Waals surface area contributed by atoms with Crippen LogP contribution in [0, 0.1) is 6.92 Å². The third kappa shape index (κ3) is 4.08. The molecule has 0 radical (unpaired) electrons. The molecule has 1 aromatic heterocycles. The van der Waals surface area contributed by atoms with Crippen molar-refractivity contribution in [3.05, 3.63) is 34.1 Å². The zero-order valence-electron chi connectivity index (χ0n) is 12.9. The van der Waals surface area contributed by atoms with Gasteiger partial charge in [-0.2, -0.15) is 0 Å². The van der Waals surface area contributed by atoms with Crippen LogP contribution in [0.1, 0.15) is 37.7 Å². The van der Waals surface area contributed by atoms with E-state index in [0.717, 1.165) is 33.3 Å². The zero-order valence-corrected chi connectivity index (χ0v) is 15.3. The van der Waals surface area contributed by atoms with Crippen LogP contribution in [0.15, 0.2) is 32.7 Å². The molecule has 4 nitrogen and oxygen atoms in total. The van der Waals surface area contributed by atoms with Crippen molar-refractivity contribution in [3.8, 4) is 0 Å². The number of aryl methyl sites for hydroxylation is 1. The van der Waals surface area contributed by atoms with Gasteiger partial charge >= 0.3 is 0 Å². The lowest BCUT2D eigenvalue weighted by Gasteiger charge is -2.15. The van der Waals surface area contributed by atoms with Crippen molar-refractivity contribution in [1.29, 1.82) is 0 Å². The molecular formula is C15H21BrN4S. The lowest BCUT2D eigenvalue weighted by atomic mass is 10.1. The Hall–Kier alpha value is -0.850. The van der Waals surface area contributed by atoms with Gasteiger partial charge in [0, 0.05) is 22.5 Å². The fourth-order valence-electron chi connectivity index (χ4n) is 1.92. The number of rotatable bonds is 6. The van der Waals surface area contributed by atoms with E-state index in [2.05, 4.69) is 63.5 Å². The molecule has 0 bridgehead atoms. The first-order valence-corrected chi connectivity index (χ1v) is 8.70. The molecular weight excluding hydrogens is 348 g/mol. The fourth-order valence-corrected chi connectivity index (χ4v) is 3.40. The minimum atomic E-state index is 0.359. The maximum Gasteiger partial charge on any atom is 0.195 e. The van der Waals surface area contributed by atoms with E-state index >= 15 is 0 Å². The van der Waals surface area contributed by atoms with Crippen molar-refractivity contribution < 1.29 is 0 Å². The highest BCUT2D eigenvalue weighted by molar-refractivity contribution is 9.10. The second-order valence-electron chi connectivity index (χ2n) is 5.06. The average Bonchev–Trinajstić information content (AvgIpc) is 2.78. The summed E-state index contributed by atoms with van der Waals surface area (Å²) >= 11 is 5.29. The van der Waals surface area contributed by atoms with E-state index in [1.165, 1.54) is 5.56 Å². The topological polar surface area (TPSA) is 42.7 Å². The number of nitrogens with zero attached hydrogens (tertiary/aromatic N) is 3. The summed E-state index contributed by atoms with van der Waals surface area (Å²) in [6.07, 6.45) is 1.14. The normalized spacial score (nSPS) is 12.6. The molecule has 1 unspecified atom stereocenters. The molecule has 2 aromatic rings. The Morgan fingerprint density at radius 1 is 1.38 bits per heavy atom. The second-order valence-corrected chi connectivity index (χ2v) is 6.92. The molecule has 0 spiro atoms. The molecule has 6 heteroatoms. The lowest BCUT2D eigenvalue weighted by Crippen LogP contribution is -2.19. The Labute approximate surface area is 138 Å². The van der Waals surface area contributed by atoms with Crippen LogP contribution in [0.3, 0.4) is 0 Å². The molecule has 1 N–H and O–H groups in total. The van der Waals surface area contributed by atoms with Crippen LogP contribution in [-0.4, -0.2) is 21.3 Å². The van der Waals surface area contributed by atoms with Gasteiger partial charge in [-0.05, 0) is 72.2 Å². The predicted octanol–water partition coefficient (Wildman–Crippen LogP) is 4.10. The van der Waals surface area contributed by atoms with E-state index in [1.54, 1.807) is 11.8 Å². The second kappa shape index (κ2) is 7.42. The number of nitrogens with one attached hydrogen (secondary N) is 1. The molecule has 21 heavy (non-hydrogen) atoms. The maximum absolute atomic E-state index is 4.19. The van der Waals surface area contributed by atoms with Crippen molar-refractivity contribution >= 4 is 27.7 Å². The van der Waals surface area contributed by atoms with E-state index in [9.17, 15) is 0 Å². The van der Waals surface area contributed by atoms with Gasteiger partial charge in [0.25, 0.3) is 0 Å². The summed E-state index contributed by atoms with van der Waals surface area (Å²) in [6.45, 7) is 7.36. The van der Waals surface area contributed by atoms with Crippen LogP contribution < -0.4 is 5.32 Å². The van der Waals surface area contributed by atoms with Crippen LogP contribution in [0.25, 0.3) is 0 Å². The number of aromatic nitrogens is 3. The summed E-state index contributed by atoms with van der Waals surface area (Å²) in [4.78, 5) is 1.15. The molecule has 0 aliphatic heterocycles. The smallest absolute Gasteiger partial charge is 0.195 e. The van der Waals surface area contributed by atoms with Gasteiger partial charge in [-0.1, -0.05) is 13.0 Å². The Kier molecular flexibility index (Phi) is 5.84. The fraction of sp³-hybridized carbons (Fsp3) is 0.467. The molecule has 0 fully saturated rings. The van der Waals surface area contributed by atoms with Crippen LogP contribution in [0.4, 0.5) is 0 Å². The van der Waals surface area contributed by atoms with Crippen LogP contribution >= 0.6 is 27.7 Å². The SMILES string of the molecule is CCCNC(C)c1ccc(Sc2nnc(C)n2C)c(Br)c1. The van der Waals surface area contributed by atoms with Gasteiger partial charge in [0.05, 0.1) is 0 Å². The first kappa shape index (κ1) is 16.5. The number of halogens is 1. The van der Waals surface area contributed by atoms with Gasteiger partial charge in [0.1, 0.15) is 5.82 Å². The van der Waals surface area contributed by atoms with Crippen LogP contribution in [-0.2, 0) is 7.05 Å². The van der Waals surface area contributed by atoms with Crippen molar-refractivity contribution in [2.24, 2.45) is 7.05 Å². The van der Waals surface area contributed by atoms with Gasteiger partial charge in [0.2, 0.25) is 0 Å². The maximum atomic E-state index is 4.19. The minimum absolute atomic E-state index is 0.359. The Morgan fingerprint density at radius 3 is 2.71 bits per heavy atom. The molecule has 0 saturated carbocycles. The molecule has 0 amide bonds. The summed E-state index contributed by atoms with van der Waals surface area (Å²) in [5.74, 6) is 0.919. The molecule has 1 heterocycles. The lowest BCUT2D eigenvalue weighted by molar-refractivity contribution is 0.570. The highest BCUT2D eigenvalue weighted by Gasteiger charge is 2.11. The largest absolute Gasteiger partial charge is 0.310 e. The third-order valence-electron chi connectivity index (χ3n) is 3.41. The highest BCUT2D eigenvalue weighted by Crippen LogP contribution is 2.34. The van der Waals surface area contributed by atoms with Gasteiger partial charge in [-0.15, -0.1) is 10.2 Å². The van der Waals surface area contributed by atoms with E-state index in [-0.39, 0.29) is 0 Å². The Bertz CT molecular complexity index is 612. The predicted molar refractivity (Wildman–Crippen MR) is 90.7 cm³/mol. The van der Waals surface area contributed by atoms with Crippen molar-refractivity contribution in [2.75, 3.05) is 6.54 Å². The minimum Gasteiger partial charge on any atom is -0.310 e. The van der Waals surface area contributed by atoms with Crippen LogP contribution in [0.2, 0.25) is 0 Å². The standard InChI is InChI=1S/C15H21BrN4S/c1-5-8-17-10(2)12-6-7-14(13(16)9-12)21-15-19-18-11(3)20(15)4/h6-7,9-10,17H,5,8H2,1-4H3. The molecule has 114 valence electrons. The van der Waals surface area contributed by atoms with Gasteiger partial charge < -0.3 is 9.88 Å². The van der Waals surface area contributed by atoms with Gasteiger partial charge in [0.15, 0.2) is 5.16 Å². The summed E-state index contributed by atoms with van der Waals surface area (Å²) in [7, 11) is 1.98. The Balaban J connectivity index is 2.14. The summed E-state index contributed by atoms with van der Waals surface area (Å²) in [5.41, 5.74) is 1.29. The van der Waals surface area contributed by atoms with E-state index < -0.39 is 0 Å². The first-order valence-electron chi connectivity index (χ1n) is 7.09. The van der Waals surface area contributed by atoms with Crippen molar-refractivity contribution in [1.82, 2.24) is 20.1 Å². The number of hydrogen-bond donors (Lipinski definition) is 1. The monoisotopic (exact) mass is 368 g/mol. The van der Waals surface area contributed by atoms with Crippen LogP contribution in [0.5, 0.6) is 0 Å². The average molecular weight is 369 g/mol. The van der Waals surface area contributed by atoms with Crippen molar-refractivity contribution in [3.63, 3.8) is 0 Å². The third-order valence-corrected chi connectivity index (χ3v) is 5.44. The quantitative estimate of drug-likeness (QED) is 0.833. The molecule has 2 rings (SSSR count). The van der Waals surface area contributed by atoms with Gasteiger partial charge in [-0.25, -0.2) is 0 Å². The zero-order chi connectivity index (χ0) is 15.4.